The van der Waals surface area contributed by atoms with E-state index >= 15 is 0 Å². The lowest BCUT2D eigenvalue weighted by Crippen LogP contribution is -2.00. The number of nitrogens with two attached hydrogens (primary N) is 1. The minimum absolute atomic E-state index is 0.107. The second-order valence-electron chi connectivity index (χ2n) is 4.24. The van der Waals surface area contributed by atoms with Crippen LogP contribution in [0.2, 0.25) is 0 Å². The van der Waals surface area contributed by atoms with Crippen molar-refractivity contribution in [3.05, 3.63) is 18.2 Å². The molecule has 0 radical (unpaired) electrons. The standard InChI is InChI=1S/C12H13N5O4S/c1-14-16-7-4-3-6-5-8(22(19,20)21)11(17-15-2)12(18)9(6)10(7)13/h3-5,18H,13H2,1-2H3,(H,19,20,21). The van der Waals surface area contributed by atoms with Crippen LogP contribution in [0.15, 0.2) is 43.6 Å². The van der Waals surface area contributed by atoms with E-state index in [9.17, 15) is 18.1 Å². The number of nitrogens with zero attached hydrogens (tertiary/aromatic N) is 4. The lowest BCUT2D eigenvalue weighted by atomic mass is 10.1. The third-order valence-corrected chi connectivity index (χ3v) is 3.79. The van der Waals surface area contributed by atoms with E-state index in [1.165, 1.54) is 26.2 Å². The van der Waals surface area contributed by atoms with Crippen LogP contribution < -0.4 is 5.73 Å². The van der Waals surface area contributed by atoms with Crippen LogP contribution in [0.3, 0.4) is 0 Å². The molecule has 0 saturated carbocycles. The van der Waals surface area contributed by atoms with Gasteiger partial charge in [-0.25, -0.2) is 0 Å². The summed E-state index contributed by atoms with van der Waals surface area (Å²) in [7, 11) is -1.85. The van der Waals surface area contributed by atoms with Gasteiger partial charge in [0.05, 0.1) is 11.1 Å². The van der Waals surface area contributed by atoms with Gasteiger partial charge in [0.25, 0.3) is 10.1 Å². The molecule has 4 N–H and O–H groups in total. The minimum Gasteiger partial charge on any atom is -0.505 e. The van der Waals surface area contributed by atoms with Crippen molar-refractivity contribution in [3.8, 4) is 5.75 Å². The van der Waals surface area contributed by atoms with E-state index in [-0.39, 0.29) is 11.1 Å². The summed E-state index contributed by atoms with van der Waals surface area (Å²) in [5.41, 5.74) is 5.95. The first-order chi connectivity index (χ1) is 10.3. The maximum absolute atomic E-state index is 11.5. The highest BCUT2D eigenvalue weighted by Crippen LogP contribution is 2.45. The van der Waals surface area contributed by atoms with Gasteiger partial charge in [0.15, 0.2) is 5.75 Å². The number of anilines is 1. The van der Waals surface area contributed by atoms with Gasteiger partial charge in [0.2, 0.25) is 0 Å². The summed E-state index contributed by atoms with van der Waals surface area (Å²) in [5, 5.41) is 25.2. The van der Waals surface area contributed by atoms with Crippen LogP contribution in [0.5, 0.6) is 5.75 Å². The molecule has 0 aromatic heterocycles. The number of hydrogen-bond acceptors (Lipinski definition) is 8. The van der Waals surface area contributed by atoms with Crippen molar-refractivity contribution in [1.82, 2.24) is 0 Å². The van der Waals surface area contributed by atoms with Gasteiger partial charge in [0.1, 0.15) is 16.3 Å². The van der Waals surface area contributed by atoms with E-state index in [0.717, 1.165) is 6.07 Å². The summed E-state index contributed by atoms with van der Waals surface area (Å²) in [5.74, 6) is -0.513. The van der Waals surface area contributed by atoms with Crippen LogP contribution in [0, 0.1) is 0 Å². The van der Waals surface area contributed by atoms with Gasteiger partial charge in [-0.1, -0.05) is 6.07 Å². The maximum atomic E-state index is 11.5. The molecule has 22 heavy (non-hydrogen) atoms. The predicted octanol–water partition coefficient (Wildman–Crippen LogP) is 2.80. The summed E-state index contributed by atoms with van der Waals surface area (Å²) >= 11 is 0. The van der Waals surface area contributed by atoms with Crippen LogP contribution in [0.4, 0.5) is 17.1 Å². The van der Waals surface area contributed by atoms with Crippen LogP contribution in [0.25, 0.3) is 10.8 Å². The smallest absolute Gasteiger partial charge is 0.296 e. The van der Waals surface area contributed by atoms with Gasteiger partial charge < -0.3 is 10.8 Å². The average Bonchev–Trinajstić information content (AvgIpc) is 2.43. The number of hydrogen-bond donors (Lipinski definition) is 3. The summed E-state index contributed by atoms with van der Waals surface area (Å²) in [6.45, 7) is 0. The average molecular weight is 323 g/mol. The second-order valence-corrected chi connectivity index (χ2v) is 5.63. The molecule has 10 heteroatoms. The van der Waals surface area contributed by atoms with Crippen molar-refractivity contribution < 1.29 is 18.1 Å². The van der Waals surface area contributed by atoms with Gasteiger partial charge >= 0.3 is 0 Å². The molecule has 2 aromatic carbocycles. The fraction of sp³-hybridized carbons (Fsp3) is 0.167. The normalized spacial score (nSPS) is 12.7. The van der Waals surface area contributed by atoms with Crippen LogP contribution in [0.1, 0.15) is 0 Å². The molecular weight excluding hydrogens is 310 g/mol. The molecule has 0 fully saturated rings. The van der Waals surface area contributed by atoms with E-state index < -0.39 is 26.5 Å². The summed E-state index contributed by atoms with van der Waals surface area (Å²) in [4.78, 5) is -0.563. The first-order valence-corrected chi connectivity index (χ1v) is 7.40. The number of phenolic OH excluding ortho intramolecular Hbond substituents is 1. The fourth-order valence-electron chi connectivity index (χ4n) is 2.04. The highest BCUT2D eigenvalue weighted by molar-refractivity contribution is 7.86. The number of aromatic hydroxyl groups is 1. The van der Waals surface area contributed by atoms with Gasteiger partial charge in [0, 0.05) is 14.1 Å². The van der Waals surface area contributed by atoms with Crippen molar-refractivity contribution in [2.24, 2.45) is 20.5 Å². The molecule has 0 aliphatic heterocycles. The van der Waals surface area contributed by atoms with E-state index in [0.29, 0.717) is 11.1 Å². The first kappa shape index (κ1) is 15.8. The Morgan fingerprint density at radius 2 is 1.77 bits per heavy atom. The zero-order valence-corrected chi connectivity index (χ0v) is 12.5. The quantitative estimate of drug-likeness (QED) is 0.451. The summed E-state index contributed by atoms with van der Waals surface area (Å²) in [6, 6.07) is 4.16. The van der Waals surface area contributed by atoms with Gasteiger partial charge in [-0.3, -0.25) is 4.55 Å². The molecule has 2 rings (SSSR count). The number of nitrogen functional groups attached to an aromatic ring is 1. The van der Waals surface area contributed by atoms with Crippen LogP contribution in [-0.4, -0.2) is 32.2 Å². The third kappa shape index (κ3) is 2.61. The molecular formula is C12H13N5O4S. The molecule has 2 aromatic rings. The predicted molar refractivity (Wildman–Crippen MR) is 80.7 cm³/mol. The second kappa shape index (κ2) is 5.66. The Balaban J connectivity index is 3.00. The molecule has 9 nitrogen and oxygen atoms in total. The van der Waals surface area contributed by atoms with Crippen LogP contribution >= 0.6 is 0 Å². The minimum atomic E-state index is -4.60. The van der Waals surface area contributed by atoms with Gasteiger partial charge in [-0.2, -0.15) is 28.9 Å². The Morgan fingerprint density at radius 1 is 1.14 bits per heavy atom. The van der Waals surface area contributed by atoms with E-state index in [1.54, 1.807) is 0 Å². The third-order valence-electron chi connectivity index (χ3n) is 2.92. The lowest BCUT2D eigenvalue weighted by molar-refractivity contribution is 0.472. The Hall–Kier alpha value is -2.59. The number of benzene rings is 2. The zero-order chi connectivity index (χ0) is 16.5. The molecule has 0 heterocycles. The molecule has 0 amide bonds. The SMILES string of the molecule is CN=Nc1ccc2cc(S(=O)(=O)O)c(N=NC)c(O)c2c1N. The fourth-order valence-corrected chi connectivity index (χ4v) is 2.70. The molecule has 0 aliphatic rings. The summed E-state index contributed by atoms with van der Waals surface area (Å²) < 4.78 is 32.2. The number of phenols is 1. The monoisotopic (exact) mass is 323 g/mol. The highest BCUT2D eigenvalue weighted by atomic mass is 32.2. The Kier molecular flexibility index (Phi) is 4.06. The molecule has 0 saturated heterocycles. The van der Waals surface area contributed by atoms with E-state index in [2.05, 4.69) is 20.5 Å². The Labute approximate surface area is 125 Å². The topological polar surface area (TPSA) is 150 Å². The Morgan fingerprint density at radius 3 is 2.32 bits per heavy atom. The van der Waals surface area contributed by atoms with Gasteiger partial charge in [-0.15, -0.1) is 0 Å². The first-order valence-electron chi connectivity index (χ1n) is 5.96. The zero-order valence-electron chi connectivity index (χ0n) is 11.7. The lowest BCUT2D eigenvalue weighted by Gasteiger charge is -2.11. The van der Waals surface area contributed by atoms with Crippen molar-refractivity contribution in [1.29, 1.82) is 0 Å². The molecule has 0 unspecified atom stereocenters. The van der Waals surface area contributed by atoms with Crippen molar-refractivity contribution in [2.45, 2.75) is 4.90 Å². The van der Waals surface area contributed by atoms with E-state index in [1.807, 2.05) is 0 Å². The highest BCUT2D eigenvalue weighted by Gasteiger charge is 2.23. The molecule has 0 aliphatic carbocycles. The molecule has 116 valence electrons. The largest absolute Gasteiger partial charge is 0.505 e. The van der Waals surface area contributed by atoms with Crippen LogP contribution in [-0.2, 0) is 10.1 Å². The number of rotatable bonds is 3. The molecule has 0 bridgehead atoms. The Bertz CT molecular complexity index is 906. The maximum Gasteiger partial charge on any atom is 0.296 e. The molecule has 0 spiro atoms. The van der Waals surface area contributed by atoms with Crippen molar-refractivity contribution in [2.75, 3.05) is 19.8 Å². The number of fused-ring (bicyclic) bond motifs is 1. The van der Waals surface area contributed by atoms with E-state index in [4.69, 9.17) is 5.73 Å². The van der Waals surface area contributed by atoms with Gasteiger partial charge in [-0.05, 0) is 17.5 Å². The van der Waals surface area contributed by atoms with Crippen molar-refractivity contribution >= 4 is 38.0 Å². The van der Waals surface area contributed by atoms with Crippen molar-refractivity contribution in [3.63, 3.8) is 0 Å². The number of azo groups is 2. The molecule has 0 atom stereocenters. The summed E-state index contributed by atoms with van der Waals surface area (Å²) in [6.07, 6.45) is 0.